The molecule has 1 amide bonds. The molecular formula is C27H27ClF2N2O2. The lowest BCUT2D eigenvalue weighted by Gasteiger charge is -2.36. The minimum absolute atomic E-state index is 0.160. The number of carbonyl (C=O) groups excluding carboxylic acids is 1. The summed E-state index contributed by atoms with van der Waals surface area (Å²) in [6.07, 6.45) is -0.161. The van der Waals surface area contributed by atoms with Gasteiger partial charge in [-0.25, -0.2) is 8.78 Å². The molecule has 3 aromatic rings. The van der Waals surface area contributed by atoms with Crippen LogP contribution in [0.15, 0.2) is 66.7 Å². The normalized spacial score (nSPS) is 15.4. The zero-order chi connectivity index (χ0) is 24.1. The third-order valence-corrected chi connectivity index (χ3v) is 6.28. The largest absolute Gasteiger partial charge is 0.368 e. The van der Waals surface area contributed by atoms with Crippen molar-refractivity contribution in [1.29, 1.82) is 0 Å². The molecule has 34 heavy (non-hydrogen) atoms. The highest BCUT2D eigenvalue weighted by atomic mass is 35.5. The van der Waals surface area contributed by atoms with Crippen molar-refractivity contribution in [2.24, 2.45) is 0 Å². The molecule has 4 rings (SSSR count). The van der Waals surface area contributed by atoms with Gasteiger partial charge in [0, 0.05) is 43.3 Å². The fraction of sp³-hybridized carbons (Fsp3) is 0.296. The van der Waals surface area contributed by atoms with Crippen LogP contribution >= 0.6 is 11.6 Å². The number of piperazine rings is 1. The van der Waals surface area contributed by atoms with Crippen LogP contribution in [0, 0.1) is 18.6 Å². The zero-order valence-corrected chi connectivity index (χ0v) is 19.8. The highest BCUT2D eigenvalue weighted by molar-refractivity contribution is 6.30. The van der Waals surface area contributed by atoms with Crippen molar-refractivity contribution in [2.75, 3.05) is 32.7 Å². The molecular weight excluding hydrogens is 458 g/mol. The van der Waals surface area contributed by atoms with E-state index in [4.69, 9.17) is 16.3 Å². The van der Waals surface area contributed by atoms with Gasteiger partial charge in [0.15, 0.2) is 11.6 Å². The molecule has 1 fully saturated rings. The lowest BCUT2D eigenvalue weighted by Crippen LogP contribution is -2.49. The number of carbonyl (C=O) groups is 1. The van der Waals surface area contributed by atoms with Crippen LogP contribution in [0.5, 0.6) is 0 Å². The van der Waals surface area contributed by atoms with E-state index in [2.05, 4.69) is 30.0 Å². The Morgan fingerprint density at radius 3 is 2.38 bits per heavy atom. The molecule has 1 aliphatic rings. The van der Waals surface area contributed by atoms with Crippen LogP contribution in [-0.4, -0.2) is 48.4 Å². The van der Waals surface area contributed by atoms with Crippen molar-refractivity contribution < 1.29 is 18.3 Å². The van der Waals surface area contributed by atoms with Crippen molar-refractivity contribution in [3.8, 4) is 0 Å². The fourth-order valence-corrected chi connectivity index (χ4v) is 4.24. The molecule has 178 valence electrons. The molecule has 0 radical (unpaired) electrons. The van der Waals surface area contributed by atoms with E-state index in [0.717, 1.165) is 23.3 Å². The average Bonchev–Trinajstić information content (AvgIpc) is 2.84. The number of hydrogen-bond acceptors (Lipinski definition) is 3. The van der Waals surface area contributed by atoms with Crippen LogP contribution in [0.1, 0.15) is 33.2 Å². The van der Waals surface area contributed by atoms with E-state index in [-0.39, 0.29) is 17.6 Å². The van der Waals surface area contributed by atoms with E-state index in [0.29, 0.717) is 44.4 Å². The first-order chi connectivity index (χ1) is 16.4. The van der Waals surface area contributed by atoms with Gasteiger partial charge in [0.25, 0.3) is 5.91 Å². The van der Waals surface area contributed by atoms with Gasteiger partial charge in [-0.2, -0.15) is 0 Å². The molecule has 0 aromatic heterocycles. The van der Waals surface area contributed by atoms with Crippen molar-refractivity contribution >= 4 is 17.5 Å². The Hall–Kier alpha value is -2.80. The van der Waals surface area contributed by atoms with Crippen molar-refractivity contribution in [1.82, 2.24) is 9.80 Å². The molecule has 3 aromatic carbocycles. The number of hydrogen-bond donors (Lipinski definition) is 0. The maximum atomic E-state index is 13.5. The first kappa shape index (κ1) is 24.3. The van der Waals surface area contributed by atoms with Gasteiger partial charge in [0.1, 0.15) is 0 Å². The van der Waals surface area contributed by atoms with Gasteiger partial charge in [-0.3, -0.25) is 9.69 Å². The van der Waals surface area contributed by atoms with Gasteiger partial charge in [-0.15, -0.1) is 0 Å². The maximum Gasteiger partial charge on any atom is 0.254 e. The van der Waals surface area contributed by atoms with E-state index < -0.39 is 11.6 Å². The molecule has 1 saturated heterocycles. The van der Waals surface area contributed by atoms with E-state index in [1.165, 1.54) is 11.6 Å². The van der Waals surface area contributed by atoms with Crippen LogP contribution in [0.25, 0.3) is 0 Å². The van der Waals surface area contributed by atoms with Crippen LogP contribution < -0.4 is 0 Å². The highest BCUT2D eigenvalue weighted by Gasteiger charge is 2.25. The fourth-order valence-electron chi connectivity index (χ4n) is 4.11. The Bertz CT molecular complexity index is 1130. The number of halogens is 3. The second-order valence-electron chi connectivity index (χ2n) is 8.56. The summed E-state index contributed by atoms with van der Waals surface area (Å²) in [5.74, 6) is -2.26. The molecule has 0 bridgehead atoms. The lowest BCUT2D eigenvalue weighted by molar-refractivity contribution is 0.00340. The van der Waals surface area contributed by atoms with E-state index in [1.54, 1.807) is 4.90 Å². The summed E-state index contributed by atoms with van der Waals surface area (Å²) in [5, 5.41) is 0.672. The first-order valence-electron chi connectivity index (χ1n) is 11.3. The number of ether oxygens (including phenoxy) is 1. The number of aryl methyl sites for hydroxylation is 1. The first-order valence-corrected chi connectivity index (χ1v) is 11.7. The molecule has 0 saturated carbocycles. The van der Waals surface area contributed by atoms with Crippen LogP contribution in [0.4, 0.5) is 8.78 Å². The molecule has 1 heterocycles. The average molecular weight is 485 g/mol. The molecule has 0 N–H and O–H groups in total. The van der Waals surface area contributed by atoms with Crippen molar-refractivity contribution in [2.45, 2.75) is 19.6 Å². The monoisotopic (exact) mass is 484 g/mol. The Morgan fingerprint density at radius 1 is 0.971 bits per heavy atom. The third-order valence-electron chi connectivity index (χ3n) is 6.03. The van der Waals surface area contributed by atoms with Gasteiger partial charge in [-0.05, 0) is 48.4 Å². The number of rotatable bonds is 7. The molecule has 1 aliphatic heterocycles. The van der Waals surface area contributed by atoms with Gasteiger partial charge in [-0.1, -0.05) is 53.6 Å². The van der Waals surface area contributed by atoms with Crippen LogP contribution in [-0.2, 0) is 11.3 Å². The summed E-state index contributed by atoms with van der Waals surface area (Å²) in [4.78, 5) is 16.6. The minimum Gasteiger partial charge on any atom is -0.368 e. The zero-order valence-electron chi connectivity index (χ0n) is 19.0. The van der Waals surface area contributed by atoms with Crippen LogP contribution in [0.2, 0.25) is 5.02 Å². The van der Waals surface area contributed by atoms with Crippen LogP contribution in [0.3, 0.4) is 0 Å². The Balaban J connectivity index is 1.39. The van der Waals surface area contributed by atoms with E-state index in [9.17, 15) is 13.6 Å². The second kappa shape index (κ2) is 11.1. The molecule has 7 heteroatoms. The molecule has 1 unspecified atom stereocenters. The maximum absolute atomic E-state index is 13.5. The Morgan fingerprint density at radius 2 is 1.71 bits per heavy atom. The predicted molar refractivity (Wildman–Crippen MR) is 129 cm³/mol. The second-order valence-corrected chi connectivity index (χ2v) is 9.00. The Labute approximate surface area is 203 Å². The smallest absolute Gasteiger partial charge is 0.254 e. The van der Waals surface area contributed by atoms with Crippen molar-refractivity contribution in [3.63, 3.8) is 0 Å². The number of nitrogens with zero attached hydrogens (tertiary/aromatic N) is 2. The molecule has 0 aliphatic carbocycles. The molecule has 4 nitrogen and oxygen atoms in total. The standard InChI is InChI=1S/C27H27ClF2N2O2/c1-19-3-2-4-20(15-19)18-34-26(21-5-8-23(28)9-6-21)17-31-11-13-32(14-12-31)27(33)22-7-10-24(29)25(30)16-22/h2-10,15-16,26H,11-14,17-18H2,1H3. The summed E-state index contributed by atoms with van der Waals surface area (Å²) in [5.41, 5.74) is 3.50. The lowest BCUT2D eigenvalue weighted by atomic mass is 10.1. The van der Waals surface area contributed by atoms with Gasteiger partial charge in [0.05, 0.1) is 12.7 Å². The third kappa shape index (κ3) is 6.20. The van der Waals surface area contributed by atoms with Crippen molar-refractivity contribution in [3.05, 3.63) is 106 Å². The quantitative estimate of drug-likeness (QED) is 0.435. The van der Waals surface area contributed by atoms with Gasteiger partial charge < -0.3 is 9.64 Å². The van der Waals surface area contributed by atoms with E-state index >= 15 is 0 Å². The summed E-state index contributed by atoms with van der Waals surface area (Å²) < 4.78 is 33.1. The number of amides is 1. The van der Waals surface area contributed by atoms with Gasteiger partial charge in [0.2, 0.25) is 0 Å². The minimum atomic E-state index is -1.01. The molecule has 0 spiro atoms. The SMILES string of the molecule is Cc1cccc(COC(CN2CCN(C(=O)c3ccc(F)c(F)c3)CC2)c2ccc(Cl)cc2)c1. The number of benzene rings is 3. The summed E-state index contributed by atoms with van der Waals surface area (Å²) in [6.45, 7) is 5.54. The van der Waals surface area contributed by atoms with Gasteiger partial charge >= 0.3 is 0 Å². The summed E-state index contributed by atoms with van der Waals surface area (Å²) in [6, 6.07) is 19.2. The molecule has 1 atom stereocenters. The summed E-state index contributed by atoms with van der Waals surface area (Å²) >= 11 is 6.08. The Kier molecular flexibility index (Phi) is 7.93. The van der Waals surface area contributed by atoms with E-state index in [1.807, 2.05) is 30.3 Å². The summed E-state index contributed by atoms with van der Waals surface area (Å²) in [7, 11) is 0. The highest BCUT2D eigenvalue weighted by Crippen LogP contribution is 2.24. The predicted octanol–water partition coefficient (Wildman–Crippen LogP) is 5.64. The topological polar surface area (TPSA) is 32.8 Å².